The Morgan fingerprint density at radius 1 is 1.33 bits per heavy atom. The normalized spacial score (nSPS) is 14.7. The number of aromatic nitrogens is 2. The molecule has 24 heavy (non-hydrogen) atoms. The SMILES string of the molecule is Cl.O=C(NCc1ccc2c(c1)CNC2)c1cnc2n(c1=O)CCS2. The summed E-state index contributed by atoms with van der Waals surface area (Å²) in [6.07, 6.45) is 1.38. The molecule has 4 rings (SSSR count). The maximum atomic E-state index is 12.3. The number of hydrogen-bond acceptors (Lipinski definition) is 5. The van der Waals surface area contributed by atoms with Crippen LogP contribution in [0.4, 0.5) is 0 Å². The van der Waals surface area contributed by atoms with Crippen molar-refractivity contribution in [3.8, 4) is 0 Å². The smallest absolute Gasteiger partial charge is 0.267 e. The molecule has 0 fully saturated rings. The summed E-state index contributed by atoms with van der Waals surface area (Å²) in [5.74, 6) is 0.463. The number of nitrogens with one attached hydrogen (secondary N) is 2. The molecule has 1 amide bonds. The lowest BCUT2D eigenvalue weighted by atomic mass is 10.1. The molecule has 0 aliphatic carbocycles. The van der Waals surface area contributed by atoms with Crippen molar-refractivity contribution >= 4 is 30.1 Å². The summed E-state index contributed by atoms with van der Waals surface area (Å²) in [7, 11) is 0. The molecule has 0 radical (unpaired) electrons. The number of carbonyl (C=O) groups excluding carboxylic acids is 1. The van der Waals surface area contributed by atoms with Crippen LogP contribution in [-0.2, 0) is 26.2 Å². The van der Waals surface area contributed by atoms with Crippen molar-refractivity contribution in [3.63, 3.8) is 0 Å². The summed E-state index contributed by atoms with van der Waals surface area (Å²) >= 11 is 1.54. The Bertz CT molecular complexity index is 852. The van der Waals surface area contributed by atoms with E-state index in [1.165, 1.54) is 29.1 Å². The highest BCUT2D eigenvalue weighted by molar-refractivity contribution is 7.99. The maximum absolute atomic E-state index is 12.3. The number of carbonyl (C=O) groups is 1. The van der Waals surface area contributed by atoms with Gasteiger partial charge in [-0.15, -0.1) is 12.4 Å². The molecule has 126 valence electrons. The lowest BCUT2D eigenvalue weighted by Gasteiger charge is -2.08. The van der Waals surface area contributed by atoms with Gasteiger partial charge in [-0.1, -0.05) is 30.0 Å². The van der Waals surface area contributed by atoms with E-state index in [4.69, 9.17) is 0 Å². The lowest BCUT2D eigenvalue weighted by Crippen LogP contribution is -2.33. The molecule has 1 aromatic carbocycles. The number of rotatable bonds is 3. The van der Waals surface area contributed by atoms with Crippen molar-refractivity contribution in [3.05, 3.63) is 57.0 Å². The Hall–Kier alpha value is -1.83. The van der Waals surface area contributed by atoms with Gasteiger partial charge in [0.25, 0.3) is 11.5 Å². The largest absolute Gasteiger partial charge is 0.348 e. The van der Waals surface area contributed by atoms with Gasteiger partial charge >= 0.3 is 0 Å². The number of halogens is 1. The number of amides is 1. The zero-order valence-electron chi connectivity index (χ0n) is 12.9. The molecule has 2 N–H and O–H groups in total. The molecule has 6 nitrogen and oxygen atoms in total. The Morgan fingerprint density at radius 3 is 3.04 bits per heavy atom. The molecule has 0 saturated carbocycles. The number of hydrogen-bond donors (Lipinski definition) is 2. The van der Waals surface area contributed by atoms with Crippen LogP contribution in [0.15, 0.2) is 34.3 Å². The topological polar surface area (TPSA) is 76.0 Å². The highest BCUT2D eigenvalue weighted by Crippen LogP contribution is 2.20. The van der Waals surface area contributed by atoms with E-state index >= 15 is 0 Å². The number of nitrogens with zero attached hydrogens (tertiary/aromatic N) is 2. The van der Waals surface area contributed by atoms with Crippen molar-refractivity contribution in [1.82, 2.24) is 20.2 Å². The number of fused-ring (bicyclic) bond motifs is 2. The van der Waals surface area contributed by atoms with E-state index in [1.807, 2.05) is 6.07 Å². The highest BCUT2D eigenvalue weighted by Gasteiger charge is 2.20. The predicted octanol–water partition coefficient (Wildman–Crippen LogP) is 1.30. The molecule has 2 aliphatic rings. The van der Waals surface area contributed by atoms with Crippen LogP contribution >= 0.6 is 24.2 Å². The molecule has 0 spiro atoms. The van der Waals surface area contributed by atoms with Gasteiger partial charge in [0.2, 0.25) is 0 Å². The van der Waals surface area contributed by atoms with Crippen LogP contribution in [0.1, 0.15) is 27.0 Å². The van der Waals surface area contributed by atoms with Crippen molar-refractivity contribution in [2.75, 3.05) is 5.75 Å². The average Bonchev–Trinajstić information content (AvgIpc) is 3.21. The third-order valence-electron chi connectivity index (χ3n) is 4.16. The first-order chi connectivity index (χ1) is 11.2. The van der Waals surface area contributed by atoms with E-state index in [1.54, 1.807) is 4.57 Å². The van der Waals surface area contributed by atoms with Crippen molar-refractivity contribution in [1.29, 1.82) is 0 Å². The molecule has 2 aliphatic heterocycles. The molecule has 8 heteroatoms. The van der Waals surface area contributed by atoms with E-state index in [-0.39, 0.29) is 29.4 Å². The third kappa shape index (κ3) is 3.07. The van der Waals surface area contributed by atoms with Crippen LogP contribution in [0.2, 0.25) is 0 Å². The minimum Gasteiger partial charge on any atom is -0.348 e. The Balaban J connectivity index is 0.00000169. The summed E-state index contributed by atoms with van der Waals surface area (Å²) in [6, 6.07) is 6.19. The van der Waals surface area contributed by atoms with Gasteiger partial charge < -0.3 is 10.6 Å². The predicted molar refractivity (Wildman–Crippen MR) is 94.6 cm³/mol. The second-order valence-corrected chi connectivity index (χ2v) is 6.71. The van der Waals surface area contributed by atoms with Crippen molar-refractivity contribution < 1.29 is 4.79 Å². The summed E-state index contributed by atoms with van der Waals surface area (Å²) in [6.45, 7) is 2.79. The van der Waals surface area contributed by atoms with Crippen LogP contribution in [-0.4, -0.2) is 21.2 Å². The number of benzene rings is 1. The second kappa shape index (κ2) is 6.96. The minimum absolute atomic E-state index is 0. The van der Waals surface area contributed by atoms with Gasteiger partial charge in [-0.05, 0) is 16.7 Å². The molecule has 2 aromatic rings. The van der Waals surface area contributed by atoms with Crippen LogP contribution in [0.3, 0.4) is 0 Å². The summed E-state index contributed by atoms with van der Waals surface area (Å²) < 4.78 is 1.57. The van der Waals surface area contributed by atoms with Gasteiger partial charge in [0, 0.05) is 38.1 Å². The maximum Gasteiger partial charge on any atom is 0.267 e. The molecular weight excluding hydrogens is 348 g/mol. The van der Waals surface area contributed by atoms with Crippen LogP contribution in [0.5, 0.6) is 0 Å². The van der Waals surface area contributed by atoms with Crippen molar-refractivity contribution in [2.24, 2.45) is 0 Å². The molecule has 1 aromatic heterocycles. The van der Waals surface area contributed by atoms with E-state index in [2.05, 4.69) is 27.8 Å². The van der Waals surface area contributed by atoms with Gasteiger partial charge in [-0.25, -0.2) is 4.98 Å². The Kier molecular flexibility index (Phi) is 4.93. The average molecular weight is 365 g/mol. The third-order valence-corrected chi connectivity index (χ3v) is 5.13. The molecular formula is C16H17ClN4O2S. The molecule has 0 saturated heterocycles. The summed E-state index contributed by atoms with van der Waals surface area (Å²) in [5, 5.41) is 6.81. The van der Waals surface area contributed by atoms with E-state index in [0.29, 0.717) is 18.2 Å². The van der Waals surface area contributed by atoms with Gasteiger partial charge in [0.1, 0.15) is 5.56 Å². The van der Waals surface area contributed by atoms with Gasteiger partial charge in [-0.2, -0.15) is 0 Å². The van der Waals surface area contributed by atoms with E-state index in [0.717, 1.165) is 24.4 Å². The summed E-state index contributed by atoms with van der Waals surface area (Å²) in [4.78, 5) is 28.8. The quantitative estimate of drug-likeness (QED) is 0.803. The van der Waals surface area contributed by atoms with Gasteiger partial charge in [0.05, 0.1) is 0 Å². The monoisotopic (exact) mass is 364 g/mol. The zero-order chi connectivity index (χ0) is 15.8. The fourth-order valence-corrected chi connectivity index (χ4v) is 3.82. The molecule has 3 heterocycles. The van der Waals surface area contributed by atoms with E-state index < -0.39 is 0 Å². The first-order valence-electron chi connectivity index (χ1n) is 7.54. The van der Waals surface area contributed by atoms with Crippen molar-refractivity contribution in [2.45, 2.75) is 31.3 Å². The van der Waals surface area contributed by atoms with Crippen LogP contribution in [0.25, 0.3) is 0 Å². The highest BCUT2D eigenvalue weighted by atomic mass is 35.5. The Morgan fingerprint density at radius 2 is 2.17 bits per heavy atom. The fraction of sp³-hybridized carbons (Fsp3) is 0.312. The first-order valence-corrected chi connectivity index (χ1v) is 8.53. The number of thioether (sulfide) groups is 1. The van der Waals surface area contributed by atoms with Gasteiger partial charge in [0.15, 0.2) is 5.16 Å². The second-order valence-electron chi connectivity index (χ2n) is 5.65. The molecule has 0 atom stereocenters. The van der Waals surface area contributed by atoms with Crippen LogP contribution < -0.4 is 16.2 Å². The standard InChI is InChI=1S/C16H16N4O2S.ClH/c21-14(13-9-19-16-20(15(13)22)3-4-23-16)18-6-10-1-2-11-7-17-8-12(11)5-10;/h1-2,5,9,17H,3-4,6-8H2,(H,18,21);1H. The summed E-state index contributed by atoms with van der Waals surface area (Å²) in [5.41, 5.74) is 3.46. The zero-order valence-corrected chi connectivity index (χ0v) is 14.5. The fourth-order valence-electron chi connectivity index (χ4n) is 2.91. The molecule has 0 bridgehead atoms. The Labute approximate surface area is 149 Å². The van der Waals surface area contributed by atoms with E-state index in [9.17, 15) is 9.59 Å². The molecule has 0 unspecified atom stereocenters. The minimum atomic E-state index is -0.367. The van der Waals surface area contributed by atoms with Gasteiger partial charge in [-0.3, -0.25) is 14.2 Å². The van der Waals surface area contributed by atoms with Crippen LogP contribution in [0, 0.1) is 0 Å². The first kappa shape index (κ1) is 17.0. The lowest BCUT2D eigenvalue weighted by molar-refractivity contribution is 0.0948.